The topological polar surface area (TPSA) is 148 Å². The molecule has 11 heteroatoms. The van der Waals surface area contributed by atoms with Crippen LogP contribution in [0.4, 0.5) is 14.6 Å². The second-order valence-corrected chi connectivity index (χ2v) is 5.92. The van der Waals surface area contributed by atoms with Gasteiger partial charge < -0.3 is 25.8 Å². The Hall–Kier alpha value is -2.73. The molecular formula is C16H15F2N3O6. The zero-order valence-corrected chi connectivity index (χ0v) is 13.6. The van der Waals surface area contributed by atoms with Crippen molar-refractivity contribution < 1.29 is 33.6 Å². The molecule has 4 atom stereocenters. The zero-order chi connectivity index (χ0) is 20.0. The minimum absolute atomic E-state index is 0.0763. The maximum Gasteiger partial charge on any atom is 0.352 e. The van der Waals surface area contributed by atoms with Crippen LogP contribution < -0.4 is 11.4 Å². The molecule has 2 heterocycles. The molecule has 2 aromatic rings. The van der Waals surface area contributed by atoms with Gasteiger partial charge in [0.25, 0.3) is 11.6 Å². The van der Waals surface area contributed by atoms with E-state index in [9.17, 15) is 29.3 Å². The summed E-state index contributed by atoms with van der Waals surface area (Å²) in [5, 5.41) is 29.6. The van der Waals surface area contributed by atoms with Gasteiger partial charge in [-0.2, -0.15) is 4.98 Å². The molecule has 0 spiro atoms. The fourth-order valence-corrected chi connectivity index (χ4v) is 2.95. The van der Waals surface area contributed by atoms with Crippen molar-refractivity contribution in [1.82, 2.24) is 9.55 Å². The van der Waals surface area contributed by atoms with E-state index >= 15 is 4.39 Å². The van der Waals surface area contributed by atoms with Crippen LogP contribution in [-0.2, 0) is 10.5 Å². The highest BCUT2D eigenvalue weighted by Gasteiger charge is 2.72. The summed E-state index contributed by atoms with van der Waals surface area (Å²) in [6.07, 6.45) is -3.88. The standard InChI is InChI=1S/C16H15F2N3O6/c17-9-6-21(14(25)20-13(9)19)16(11(23)8-4-2-1-3-5-8)15(18,26)12(24)10(7-22)27-16/h1-6,10,12,22,24,26H,7H2,(H2,19,20,25)/t10-,12-,15-,16-/m1/s1. The van der Waals surface area contributed by atoms with Crippen LogP contribution in [0.5, 0.6) is 0 Å². The number of carbonyl (C=O) groups excluding carboxylic acids is 1. The lowest BCUT2D eigenvalue weighted by Gasteiger charge is -2.35. The highest BCUT2D eigenvalue weighted by molar-refractivity contribution is 6.02. The van der Waals surface area contributed by atoms with Gasteiger partial charge >= 0.3 is 5.69 Å². The molecule has 1 aromatic carbocycles. The summed E-state index contributed by atoms with van der Waals surface area (Å²) in [6.45, 7) is -1.00. The van der Waals surface area contributed by atoms with Crippen molar-refractivity contribution in [3.8, 4) is 0 Å². The molecule has 1 aliphatic rings. The van der Waals surface area contributed by atoms with Gasteiger partial charge in [0, 0.05) is 5.56 Å². The molecule has 0 saturated carbocycles. The minimum Gasteiger partial charge on any atom is -0.394 e. The van der Waals surface area contributed by atoms with E-state index in [1.54, 1.807) is 6.07 Å². The summed E-state index contributed by atoms with van der Waals surface area (Å²) in [5.74, 6) is -7.34. The molecular weight excluding hydrogens is 368 g/mol. The Morgan fingerprint density at radius 3 is 2.56 bits per heavy atom. The first-order valence-corrected chi connectivity index (χ1v) is 7.69. The van der Waals surface area contributed by atoms with E-state index in [0.29, 0.717) is 6.20 Å². The fourth-order valence-electron chi connectivity index (χ4n) is 2.95. The van der Waals surface area contributed by atoms with E-state index in [0.717, 1.165) is 0 Å². The Labute approximate surface area is 150 Å². The van der Waals surface area contributed by atoms with Crippen molar-refractivity contribution in [1.29, 1.82) is 0 Å². The Morgan fingerprint density at radius 2 is 2.00 bits per heavy atom. The summed E-state index contributed by atoms with van der Waals surface area (Å²) in [4.78, 5) is 28.5. The van der Waals surface area contributed by atoms with Gasteiger partial charge in [-0.3, -0.25) is 9.36 Å². The second kappa shape index (κ2) is 6.46. The van der Waals surface area contributed by atoms with Crippen LogP contribution in [0.25, 0.3) is 0 Å². The molecule has 144 valence electrons. The largest absolute Gasteiger partial charge is 0.394 e. The van der Waals surface area contributed by atoms with Gasteiger partial charge in [-0.05, 0) is 0 Å². The van der Waals surface area contributed by atoms with Gasteiger partial charge in [0.1, 0.15) is 12.2 Å². The number of halogens is 2. The highest BCUT2D eigenvalue weighted by atomic mass is 19.2. The van der Waals surface area contributed by atoms with E-state index in [1.807, 2.05) is 0 Å². The van der Waals surface area contributed by atoms with Crippen LogP contribution in [0.2, 0.25) is 0 Å². The summed E-state index contributed by atoms with van der Waals surface area (Å²) in [7, 11) is 0. The quantitative estimate of drug-likeness (QED) is 0.487. The van der Waals surface area contributed by atoms with Crippen molar-refractivity contribution in [3.05, 3.63) is 58.4 Å². The number of nitrogens with zero attached hydrogens (tertiary/aromatic N) is 2. The molecule has 1 saturated heterocycles. The van der Waals surface area contributed by atoms with Gasteiger partial charge in [-0.25, -0.2) is 13.6 Å². The summed E-state index contributed by atoms with van der Waals surface area (Å²) >= 11 is 0. The van der Waals surface area contributed by atoms with Gasteiger partial charge in [0.2, 0.25) is 5.78 Å². The number of aromatic nitrogens is 2. The first kappa shape index (κ1) is 19.0. The van der Waals surface area contributed by atoms with E-state index in [1.165, 1.54) is 24.3 Å². The fraction of sp³-hybridized carbons (Fsp3) is 0.312. The number of rotatable bonds is 4. The third-order valence-electron chi connectivity index (χ3n) is 4.31. The molecule has 0 bridgehead atoms. The number of hydrogen-bond acceptors (Lipinski definition) is 8. The molecule has 1 fully saturated rings. The number of anilines is 1. The van der Waals surface area contributed by atoms with Crippen molar-refractivity contribution in [3.63, 3.8) is 0 Å². The highest BCUT2D eigenvalue weighted by Crippen LogP contribution is 2.46. The molecule has 1 aromatic heterocycles. The Balaban J connectivity index is 2.34. The lowest BCUT2D eigenvalue weighted by atomic mass is 9.91. The Bertz CT molecular complexity index is 935. The lowest BCUT2D eigenvalue weighted by molar-refractivity contribution is -0.234. The van der Waals surface area contributed by atoms with Gasteiger partial charge in [0.05, 0.1) is 12.8 Å². The molecule has 0 unspecified atom stereocenters. The number of nitrogens with two attached hydrogens (primary N) is 1. The maximum absolute atomic E-state index is 15.3. The predicted octanol–water partition coefficient (Wildman–Crippen LogP) is -1.09. The number of carbonyl (C=O) groups is 1. The van der Waals surface area contributed by atoms with E-state index < -0.39 is 53.5 Å². The molecule has 1 aliphatic heterocycles. The summed E-state index contributed by atoms with van der Waals surface area (Å²) in [6, 6.07) is 6.83. The number of aliphatic hydroxyl groups excluding tert-OH is 2. The van der Waals surface area contributed by atoms with E-state index in [4.69, 9.17) is 10.5 Å². The van der Waals surface area contributed by atoms with Gasteiger partial charge in [-0.1, -0.05) is 30.3 Å². The minimum atomic E-state index is -3.92. The van der Waals surface area contributed by atoms with Crippen LogP contribution in [0.1, 0.15) is 10.4 Å². The average molecular weight is 383 g/mol. The normalized spacial score (nSPS) is 30.4. The number of ketones is 1. The first-order chi connectivity index (χ1) is 12.7. The number of Topliss-reactive ketones (excluding diaryl/α,β-unsaturated/α-hetero) is 1. The SMILES string of the molecule is Nc1nc(=O)n([C@]2(C(=O)c3ccccc3)O[C@H](CO)[C@@H](O)[C@]2(O)F)cc1F. The summed E-state index contributed by atoms with van der Waals surface area (Å²) in [5.41, 5.74) is 0.310. The molecule has 27 heavy (non-hydrogen) atoms. The van der Waals surface area contributed by atoms with Crippen LogP contribution in [-0.4, -0.2) is 55.3 Å². The van der Waals surface area contributed by atoms with E-state index in [2.05, 4.69) is 4.98 Å². The molecule has 0 radical (unpaired) electrons. The molecule has 5 N–H and O–H groups in total. The number of alkyl halides is 1. The third kappa shape index (κ3) is 2.63. The van der Waals surface area contributed by atoms with Crippen LogP contribution in [0, 0.1) is 5.82 Å². The number of aliphatic hydroxyl groups is 3. The van der Waals surface area contributed by atoms with Gasteiger partial charge in [-0.15, -0.1) is 0 Å². The molecule has 3 rings (SSSR count). The van der Waals surface area contributed by atoms with Crippen molar-refractivity contribution in [2.75, 3.05) is 12.3 Å². The molecule has 9 nitrogen and oxygen atoms in total. The van der Waals surface area contributed by atoms with Crippen molar-refractivity contribution >= 4 is 11.6 Å². The van der Waals surface area contributed by atoms with Gasteiger partial charge in [0.15, 0.2) is 11.6 Å². The first-order valence-electron chi connectivity index (χ1n) is 7.69. The summed E-state index contributed by atoms with van der Waals surface area (Å²) < 4.78 is 34.5. The Kier molecular flexibility index (Phi) is 4.56. The second-order valence-electron chi connectivity index (χ2n) is 5.92. The lowest BCUT2D eigenvalue weighted by Crippen LogP contribution is -2.62. The monoisotopic (exact) mass is 383 g/mol. The predicted molar refractivity (Wildman–Crippen MR) is 85.6 cm³/mol. The number of ether oxygens (including phenoxy) is 1. The van der Waals surface area contributed by atoms with Crippen molar-refractivity contribution in [2.45, 2.75) is 23.8 Å². The average Bonchev–Trinajstić information content (AvgIpc) is 2.85. The zero-order valence-electron chi connectivity index (χ0n) is 13.6. The van der Waals surface area contributed by atoms with Crippen LogP contribution in [0.3, 0.4) is 0 Å². The molecule has 0 aliphatic carbocycles. The molecule has 0 amide bonds. The van der Waals surface area contributed by atoms with Crippen molar-refractivity contribution in [2.24, 2.45) is 0 Å². The maximum atomic E-state index is 15.3. The van der Waals surface area contributed by atoms with Crippen LogP contribution >= 0.6 is 0 Å². The number of hydrogen-bond donors (Lipinski definition) is 4. The smallest absolute Gasteiger partial charge is 0.352 e. The van der Waals surface area contributed by atoms with Crippen LogP contribution in [0.15, 0.2) is 41.3 Å². The number of nitrogen functional groups attached to an aromatic ring is 1. The Morgan fingerprint density at radius 1 is 1.37 bits per heavy atom. The number of benzene rings is 1. The van der Waals surface area contributed by atoms with E-state index in [-0.39, 0.29) is 10.1 Å². The third-order valence-corrected chi connectivity index (χ3v) is 4.31.